The smallest absolute Gasteiger partial charge is 0.267 e. The number of nitrogens with one attached hydrogen (secondary N) is 1. The molecule has 0 fully saturated rings. The van der Waals surface area contributed by atoms with E-state index in [-0.39, 0.29) is 11.8 Å². The van der Waals surface area contributed by atoms with Crippen molar-refractivity contribution >= 4 is 22.9 Å². The van der Waals surface area contributed by atoms with Gasteiger partial charge in [-0.3, -0.25) is 9.78 Å². The summed E-state index contributed by atoms with van der Waals surface area (Å²) >= 11 is 1.36. The molecule has 4 aromatic rings. The SMILES string of the molecule is Cc1nc(-c2cccnc2)sc1C(=O)Nc1ccc(Cc2noc(C(C)C)n2)cc1. The molecule has 0 saturated heterocycles. The number of hydrogen-bond acceptors (Lipinski definition) is 7. The van der Waals surface area contributed by atoms with E-state index in [9.17, 15) is 4.79 Å². The van der Waals surface area contributed by atoms with Gasteiger partial charge in [0.15, 0.2) is 5.82 Å². The first-order valence-electron chi connectivity index (χ1n) is 9.60. The van der Waals surface area contributed by atoms with Crippen molar-refractivity contribution in [3.63, 3.8) is 0 Å². The highest BCUT2D eigenvalue weighted by atomic mass is 32.1. The molecule has 152 valence electrons. The Labute approximate surface area is 178 Å². The van der Waals surface area contributed by atoms with Crippen LogP contribution in [-0.4, -0.2) is 26.0 Å². The summed E-state index contributed by atoms with van der Waals surface area (Å²) in [5.41, 5.74) is 3.36. The van der Waals surface area contributed by atoms with E-state index in [4.69, 9.17) is 4.52 Å². The second-order valence-corrected chi connectivity index (χ2v) is 8.21. The highest BCUT2D eigenvalue weighted by molar-refractivity contribution is 7.17. The molecular formula is C22H21N5O2S. The number of carbonyl (C=O) groups excluding carboxylic acids is 1. The third-order valence-electron chi connectivity index (χ3n) is 4.46. The van der Waals surface area contributed by atoms with Crippen LogP contribution in [-0.2, 0) is 6.42 Å². The Balaban J connectivity index is 1.43. The van der Waals surface area contributed by atoms with E-state index in [2.05, 4.69) is 25.4 Å². The molecule has 0 atom stereocenters. The van der Waals surface area contributed by atoms with Crippen LogP contribution in [0.15, 0.2) is 53.3 Å². The summed E-state index contributed by atoms with van der Waals surface area (Å²) < 4.78 is 5.24. The lowest BCUT2D eigenvalue weighted by Crippen LogP contribution is -2.11. The number of aryl methyl sites for hydroxylation is 1. The van der Waals surface area contributed by atoms with Crippen molar-refractivity contribution in [1.82, 2.24) is 20.1 Å². The number of benzene rings is 1. The molecule has 4 rings (SSSR count). The average molecular weight is 420 g/mol. The molecule has 0 aliphatic heterocycles. The van der Waals surface area contributed by atoms with Gasteiger partial charge in [-0.25, -0.2) is 4.98 Å². The molecule has 0 aliphatic carbocycles. The van der Waals surface area contributed by atoms with Crippen molar-refractivity contribution in [3.05, 3.63) is 76.6 Å². The fourth-order valence-electron chi connectivity index (χ4n) is 2.87. The number of nitrogens with zero attached hydrogens (tertiary/aromatic N) is 4. The minimum absolute atomic E-state index is 0.173. The normalized spacial score (nSPS) is 11.1. The van der Waals surface area contributed by atoms with Gasteiger partial charge in [-0.15, -0.1) is 11.3 Å². The molecule has 1 N–H and O–H groups in total. The fraction of sp³-hybridized carbons (Fsp3) is 0.227. The topological polar surface area (TPSA) is 93.8 Å². The first-order chi connectivity index (χ1) is 14.5. The summed E-state index contributed by atoms with van der Waals surface area (Å²) in [5, 5.41) is 7.73. The number of anilines is 1. The molecule has 3 aromatic heterocycles. The predicted molar refractivity (Wildman–Crippen MR) is 116 cm³/mol. The molecule has 0 saturated carbocycles. The quantitative estimate of drug-likeness (QED) is 0.479. The van der Waals surface area contributed by atoms with Crippen LogP contribution in [0.3, 0.4) is 0 Å². The molecule has 30 heavy (non-hydrogen) atoms. The summed E-state index contributed by atoms with van der Waals surface area (Å²) in [6.07, 6.45) is 4.03. The lowest BCUT2D eigenvalue weighted by Gasteiger charge is -2.05. The van der Waals surface area contributed by atoms with Gasteiger partial charge in [0, 0.05) is 36.0 Å². The standard InChI is InChI=1S/C22H21N5O2S/c1-13(2)21-26-18(27-29-21)11-15-6-8-17(9-7-15)25-20(28)19-14(3)24-22(30-19)16-5-4-10-23-12-16/h4-10,12-13H,11H2,1-3H3,(H,25,28). The van der Waals surface area contributed by atoms with Crippen molar-refractivity contribution in [1.29, 1.82) is 0 Å². The monoisotopic (exact) mass is 419 g/mol. The van der Waals surface area contributed by atoms with Crippen molar-refractivity contribution in [2.24, 2.45) is 0 Å². The van der Waals surface area contributed by atoms with Crippen molar-refractivity contribution in [3.8, 4) is 10.6 Å². The van der Waals surface area contributed by atoms with Crippen molar-refractivity contribution < 1.29 is 9.32 Å². The van der Waals surface area contributed by atoms with Crippen LogP contribution in [0.1, 0.15) is 52.4 Å². The van der Waals surface area contributed by atoms with Gasteiger partial charge in [-0.2, -0.15) is 4.98 Å². The van der Waals surface area contributed by atoms with E-state index in [1.54, 1.807) is 12.4 Å². The van der Waals surface area contributed by atoms with Gasteiger partial charge < -0.3 is 9.84 Å². The molecule has 0 spiro atoms. The van der Waals surface area contributed by atoms with Gasteiger partial charge in [0.05, 0.1) is 5.69 Å². The molecule has 0 bridgehead atoms. The van der Waals surface area contributed by atoms with Crippen LogP contribution in [0.2, 0.25) is 0 Å². The van der Waals surface area contributed by atoms with Gasteiger partial charge in [-0.1, -0.05) is 31.1 Å². The maximum Gasteiger partial charge on any atom is 0.267 e. The lowest BCUT2D eigenvalue weighted by molar-refractivity contribution is 0.103. The second kappa shape index (κ2) is 8.54. The molecule has 1 amide bonds. The number of aromatic nitrogens is 4. The van der Waals surface area contributed by atoms with Crippen molar-refractivity contribution in [2.75, 3.05) is 5.32 Å². The van der Waals surface area contributed by atoms with E-state index in [0.717, 1.165) is 21.8 Å². The van der Waals surface area contributed by atoms with E-state index in [0.29, 0.717) is 28.7 Å². The molecule has 0 radical (unpaired) electrons. The van der Waals surface area contributed by atoms with Crippen LogP contribution in [0, 0.1) is 6.92 Å². The number of carbonyl (C=O) groups is 1. The van der Waals surface area contributed by atoms with Crippen LogP contribution >= 0.6 is 11.3 Å². The molecule has 3 heterocycles. The van der Waals surface area contributed by atoms with E-state index < -0.39 is 0 Å². The molecule has 1 aromatic carbocycles. The molecule has 7 nitrogen and oxygen atoms in total. The Hall–Kier alpha value is -3.39. The van der Waals surface area contributed by atoms with Gasteiger partial charge in [0.2, 0.25) is 5.89 Å². The number of thiazole rings is 1. The Morgan fingerprint density at radius 3 is 2.63 bits per heavy atom. The Bertz CT molecular complexity index is 1150. The average Bonchev–Trinajstić information content (AvgIpc) is 3.37. The first kappa shape index (κ1) is 19.9. The number of amides is 1. The second-order valence-electron chi connectivity index (χ2n) is 7.21. The third kappa shape index (κ3) is 4.44. The summed E-state index contributed by atoms with van der Waals surface area (Å²) in [5.74, 6) is 1.32. The molecular weight excluding hydrogens is 398 g/mol. The van der Waals surface area contributed by atoms with Crippen LogP contribution in [0.25, 0.3) is 10.6 Å². The van der Waals surface area contributed by atoms with Crippen molar-refractivity contribution in [2.45, 2.75) is 33.1 Å². The van der Waals surface area contributed by atoms with Crippen LogP contribution in [0.5, 0.6) is 0 Å². The molecule has 0 aliphatic rings. The molecule has 8 heteroatoms. The van der Waals surface area contributed by atoms with Gasteiger partial charge in [0.1, 0.15) is 9.88 Å². The zero-order valence-corrected chi connectivity index (χ0v) is 17.7. The number of hydrogen-bond donors (Lipinski definition) is 1. The van der Waals surface area contributed by atoms with Crippen LogP contribution in [0.4, 0.5) is 5.69 Å². The Morgan fingerprint density at radius 2 is 1.97 bits per heavy atom. The zero-order valence-electron chi connectivity index (χ0n) is 16.9. The van der Waals surface area contributed by atoms with Gasteiger partial charge >= 0.3 is 0 Å². The Kier molecular flexibility index (Phi) is 5.67. The Morgan fingerprint density at radius 1 is 1.17 bits per heavy atom. The maximum atomic E-state index is 12.7. The zero-order chi connectivity index (χ0) is 21.1. The summed E-state index contributed by atoms with van der Waals surface area (Å²) in [6, 6.07) is 11.4. The number of pyridine rings is 1. The van der Waals surface area contributed by atoms with Gasteiger partial charge in [0.25, 0.3) is 5.91 Å². The molecule has 0 unspecified atom stereocenters. The van der Waals surface area contributed by atoms with E-state index >= 15 is 0 Å². The highest BCUT2D eigenvalue weighted by Gasteiger charge is 2.17. The lowest BCUT2D eigenvalue weighted by atomic mass is 10.1. The maximum absolute atomic E-state index is 12.7. The first-order valence-corrected chi connectivity index (χ1v) is 10.4. The highest BCUT2D eigenvalue weighted by Crippen LogP contribution is 2.28. The van der Waals surface area contributed by atoms with E-state index in [1.165, 1.54) is 11.3 Å². The minimum Gasteiger partial charge on any atom is -0.339 e. The van der Waals surface area contributed by atoms with Crippen LogP contribution < -0.4 is 5.32 Å². The van der Waals surface area contributed by atoms with Gasteiger partial charge in [-0.05, 0) is 36.8 Å². The summed E-state index contributed by atoms with van der Waals surface area (Å²) in [4.78, 5) is 26.3. The largest absolute Gasteiger partial charge is 0.339 e. The van der Waals surface area contributed by atoms with E-state index in [1.807, 2.05) is 57.2 Å². The number of rotatable bonds is 6. The predicted octanol–water partition coefficient (Wildman–Crippen LogP) is 4.86. The third-order valence-corrected chi connectivity index (χ3v) is 5.67. The minimum atomic E-state index is -0.173. The summed E-state index contributed by atoms with van der Waals surface area (Å²) in [6.45, 7) is 5.86. The summed E-state index contributed by atoms with van der Waals surface area (Å²) in [7, 11) is 0. The fourth-order valence-corrected chi connectivity index (χ4v) is 3.82.